The molecule has 0 radical (unpaired) electrons. The summed E-state index contributed by atoms with van der Waals surface area (Å²) in [6.07, 6.45) is 0. The molecule has 190 valence electrons. The maximum Gasteiger partial charge on any atom is 0.257 e. The molecular formula is C30H25N3O3S2. The van der Waals surface area contributed by atoms with Gasteiger partial charge in [-0.1, -0.05) is 102 Å². The van der Waals surface area contributed by atoms with Crippen LogP contribution in [-0.2, 0) is 16.6 Å². The quantitative estimate of drug-likeness (QED) is 0.243. The van der Waals surface area contributed by atoms with Crippen LogP contribution < -0.4 is 5.32 Å². The highest BCUT2D eigenvalue weighted by Gasteiger charge is 2.22. The summed E-state index contributed by atoms with van der Waals surface area (Å²) >= 11 is 1.40. The molecule has 0 aliphatic rings. The molecule has 6 nitrogen and oxygen atoms in total. The zero-order valence-corrected chi connectivity index (χ0v) is 22.2. The van der Waals surface area contributed by atoms with E-state index in [1.165, 1.54) is 39.9 Å². The van der Waals surface area contributed by atoms with Gasteiger partial charge in [0.05, 0.1) is 15.5 Å². The van der Waals surface area contributed by atoms with Crippen LogP contribution >= 0.6 is 11.3 Å². The van der Waals surface area contributed by atoms with Crippen molar-refractivity contribution in [1.29, 1.82) is 0 Å². The van der Waals surface area contributed by atoms with Crippen LogP contribution in [-0.4, -0.2) is 30.7 Å². The van der Waals surface area contributed by atoms with Crippen molar-refractivity contribution in [1.82, 2.24) is 9.29 Å². The molecule has 0 saturated heterocycles. The summed E-state index contributed by atoms with van der Waals surface area (Å²) in [5.41, 5.74) is 3.99. The third kappa shape index (κ3) is 5.57. The smallest absolute Gasteiger partial charge is 0.257 e. The molecule has 5 aromatic rings. The average Bonchev–Trinajstić information content (AvgIpc) is 3.38. The zero-order valence-electron chi connectivity index (χ0n) is 20.6. The average molecular weight is 540 g/mol. The number of amides is 1. The third-order valence-electron chi connectivity index (χ3n) is 6.00. The van der Waals surface area contributed by atoms with E-state index in [1.807, 2.05) is 91.0 Å². The number of anilines is 1. The van der Waals surface area contributed by atoms with Gasteiger partial charge in [-0.15, -0.1) is 0 Å². The number of rotatable bonds is 8. The Morgan fingerprint density at radius 2 is 1.34 bits per heavy atom. The normalized spacial score (nSPS) is 11.4. The van der Waals surface area contributed by atoms with Crippen LogP contribution in [0.2, 0.25) is 0 Å². The first-order valence-electron chi connectivity index (χ1n) is 12.0. The van der Waals surface area contributed by atoms with Crippen molar-refractivity contribution in [2.75, 3.05) is 12.4 Å². The predicted molar refractivity (Wildman–Crippen MR) is 152 cm³/mol. The van der Waals surface area contributed by atoms with E-state index >= 15 is 0 Å². The van der Waals surface area contributed by atoms with Gasteiger partial charge in [0.2, 0.25) is 10.0 Å². The lowest BCUT2D eigenvalue weighted by Gasteiger charge is -2.17. The fraction of sp³-hybridized carbons (Fsp3) is 0.0667. The molecule has 0 fully saturated rings. The first kappa shape index (κ1) is 25.5. The van der Waals surface area contributed by atoms with E-state index in [0.717, 1.165) is 27.3 Å². The van der Waals surface area contributed by atoms with E-state index in [0.29, 0.717) is 10.7 Å². The summed E-state index contributed by atoms with van der Waals surface area (Å²) in [6, 6.07) is 35.1. The summed E-state index contributed by atoms with van der Waals surface area (Å²) in [5.74, 6) is -0.362. The van der Waals surface area contributed by atoms with Gasteiger partial charge in [0.15, 0.2) is 5.13 Å². The largest absolute Gasteiger partial charge is 0.298 e. The molecular weight excluding hydrogens is 514 g/mol. The number of aromatic nitrogens is 1. The lowest BCUT2D eigenvalue weighted by atomic mass is 10.1. The summed E-state index contributed by atoms with van der Waals surface area (Å²) in [5, 5.41) is 3.35. The van der Waals surface area contributed by atoms with Gasteiger partial charge in [0, 0.05) is 24.7 Å². The molecule has 1 heterocycles. The fourth-order valence-corrected chi connectivity index (χ4v) is 6.15. The number of hydrogen-bond acceptors (Lipinski definition) is 5. The molecule has 1 amide bonds. The number of nitrogens with zero attached hydrogens (tertiary/aromatic N) is 2. The van der Waals surface area contributed by atoms with Crippen LogP contribution in [0.25, 0.3) is 21.7 Å². The van der Waals surface area contributed by atoms with Crippen LogP contribution in [0.4, 0.5) is 5.13 Å². The fourth-order valence-electron chi connectivity index (χ4n) is 4.00. The molecule has 0 aliphatic carbocycles. The molecule has 5 rings (SSSR count). The van der Waals surface area contributed by atoms with Crippen molar-refractivity contribution in [2.24, 2.45) is 0 Å². The summed E-state index contributed by atoms with van der Waals surface area (Å²) < 4.78 is 27.4. The summed E-state index contributed by atoms with van der Waals surface area (Å²) in [6.45, 7) is 0.253. The number of nitrogens with one attached hydrogen (secondary N) is 1. The Hall–Kier alpha value is -4.11. The minimum atomic E-state index is -3.71. The van der Waals surface area contributed by atoms with Gasteiger partial charge >= 0.3 is 0 Å². The molecule has 0 atom stereocenters. The van der Waals surface area contributed by atoms with Gasteiger partial charge in [-0.05, 0) is 35.4 Å². The minimum absolute atomic E-state index is 0.124. The molecule has 0 spiro atoms. The Morgan fingerprint density at radius 1 is 0.789 bits per heavy atom. The Kier molecular flexibility index (Phi) is 7.46. The Morgan fingerprint density at radius 3 is 1.95 bits per heavy atom. The first-order valence-corrected chi connectivity index (χ1v) is 14.2. The lowest BCUT2D eigenvalue weighted by molar-refractivity contribution is 0.102. The van der Waals surface area contributed by atoms with E-state index in [-0.39, 0.29) is 17.3 Å². The monoisotopic (exact) mass is 539 g/mol. The zero-order chi connectivity index (χ0) is 26.5. The van der Waals surface area contributed by atoms with Crippen LogP contribution in [0.1, 0.15) is 15.9 Å². The second-order valence-corrected chi connectivity index (χ2v) is 11.7. The van der Waals surface area contributed by atoms with Gasteiger partial charge in [0.1, 0.15) is 0 Å². The molecule has 4 aromatic carbocycles. The number of carbonyl (C=O) groups is 1. The molecule has 8 heteroatoms. The topological polar surface area (TPSA) is 79.4 Å². The van der Waals surface area contributed by atoms with E-state index in [9.17, 15) is 13.2 Å². The first-order chi connectivity index (χ1) is 18.4. The highest BCUT2D eigenvalue weighted by molar-refractivity contribution is 7.89. The predicted octanol–water partition coefficient (Wildman–Crippen LogP) is 6.55. The second-order valence-electron chi connectivity index (χ2n) is 8.65. The van der Waals surface area contributed by atoms with Crippen LogP contribution in [0.3, 0.4) is 0 Å². The molecule has 38 heavy (non-hydrogen) atoms. The standard InChI is InChI=1S/C30H25N3O3S2/c1-33(21-22-11-5-2-6-12-22)38(35,36)26-19-17-25(18-20-26)29(34)32-30-31-27(23-13-7-3-8-14-23)28(37-30)24-15-9-4-10-16-24/h2-20H,21H2,1H3,(H,31,32,34). The van der Waals surface area contributed by atoms with Crippen molar-refractivity contribution in [3.05, 3.63) is 126 Å². The Balaban J connectivity index is 1.35. The van der Waals surface area contributed by atoms with E-state index in [2.05, 4.69) is 5.32 Å². The number of thiazole rings is 1. The van der Waals surface area contributed by atoms with Gasteiger partial charge in [-0.3, -0.25) is 10.1 Å². The van der Waals surface area contributed by atoms with Crippen LogP contribution in [0.5, 0.6) is 0 Å². The van der Waals surface area contributed by atoms with E-state index < -0.39 is 10.0 Å². The van der Waals surface area contributed by atoms with Crippen molar-refractivity contribution < 1.29 is 13.2 Å². The minimum Gasteiger partial charge on any atom is -0.298 e. The maximum absolute atomic E-state index is 13.0. The highest BCUT2D eigenvalue weighted by Crippen LogP contribution is 2.39. The van der Waals surface area contributed by atoms with E-state index in [1.54, 1.807) is 7.05 Å². The van der Waals surface area contributed by atoms with Gasteiger partial charge < -0.3 is 0 Å². The van der Waals surface area contributed by atoms with Crippen LogP contribution in [0.15, 0.2) is 120 Å². The Labute approximate surface area is 226 Å². The maximum atomic E-state index is 13.0. The summed E-state index contributed by atoms with van der Waals surface area (Å²) in [4.78, 5) is 18.8. The van der Waals surface area contributed by atoms with Crippen molar-refractivity contribution in [3.8, 4) is 21.7 Å². The van der Waals surface area contributed by atoms with Crippen molar-refractivity contribution in [2.45, 2.75) is 11.4 Å². The second kappa shape index (κ2) is 11.1. The van der Waals surface area contributed by atoms with Crippen LogP contribution in [0, 0.1) is 0 Å². The van der Waals surface area contributed by atoms with Gasteiger partial charge in [-0.25, -0.2) is 13.4 Å². The molecule has 1 N–H and O–H groups in total. The highest BCUT2D eigenvalue weighted by atomic mass is 32.2. The number of benzene rings is 4. The lowest BCUT2D eigenvalue weighted by Crippen LogP contribution is -2.26. The third-order valence-corrected chi connectivity index (χ3v) is 8.84. The molecule has 0 bridgehead atoms. The SMILES string of the molecule is CN(Cc1ccccc1)S(=O)(=O)c1ccc(C(=O)Nc2nc(-c3ccccc3)c(-c3ccccc3)s2)cc1. The van der Waals surface area contributed by atoms with Crippen molar-refractivity contribution in [3.63, 3.8) is 0 Å². The number of sulfonamides is 1. The molecule has 0 unspecified atom stereocenters. The van der Waals surface area contributed by atoms with E-state index in [4.69, 9.17) is 4.98 Å². The molecule has 0 aliphatic heterocycles. The van der Waals surface area contributed by atoms with Gasteiger partial charge in [-0.2, -0.15) is 4.31 Å². The van der Waals surface area contributed by atoms with Crippen molar-refractivity contribution >= 4 is 32.4 Å². The Bertz CT molecular complexity index is 1580. The molecule has 1 aromatic heterocycles. The number of carbonyl (C=O) groups excluding carboxylic acids is 1. The summed E-state index contributed by atoms with van der Waals surface area (Å²) in [7, 11) is -2.17. The number of hydrogen-bond donors (Lipinski definition) is 1. The molecule has 0 saturated carbocycles. The van der Waals surface area contributed by atoms with Gasteiger partial charge in [0.25, 0.3) is 5.91 Å².